The molecule has 2 aromatic rings. The first-order valence-corrected chi connectivity index (χ1v) is 8.19. The number of piperazine rings is 1. The molecule has 1 N–H and O–H groups in total. The molecule has 25 heavy (non-hydrogen) atoms. The number of hydrogen-bond donors (Lipinski definition) is 1. The lowest BCUT2D eigenvalue weighted by molar-refractivity contribution is -0.138. The Balaban J connectivity index is 0.00000156. The second-order valence-electron chi connectivity index (χ2n) is 5.43. The molecule has 1 aromatic carbocycles. The lowest BCUT2D eigenvalue weighted by Crippen LogP contribution is -2.45. The summed E-state index contributed by atoms with van der Waals surface area (Å²) in [5.74, 6) is -0.648. The normalized spacial score (nSPS) is 16.6. The number of halogens is 6. The number of rotatable bonds is 3. The van der Waals surface area contributed by atoms with Crippen LogP contribution in [0.15, 0.2) is 35.7 Å². The molecule has 9 heteroatoms. The van der Waals surface area contributed by atoms with Crippen molar-refractivity contribution >= 4 is 36.2 Å². The van der Waals surface area contributed by atoms with Gasteiger partial charge in [-0.15, -0.1) is 36.2 Å². The molecule has 0 unspecified atom stereocenters. The minimum Gasteiger partial charge on any atom is -0.314 e. The van der Waals surface area contributed by atoms with Crippen molar-refractivity contribution < 1.29 is 17.6 Å². The quantitative estimate of drug-likeness (QED) is 0.726. The highest BCUT2D eigenvalue weighted by molar-refractivity contribution is 7.10. The summed E-state index contributed by atoms with van der Waals surface area (Å²) in [5, 5.41) is 5.02. The summed E-state index contributed by atoms with van der Waals surface area (Å²) < 4.78 is 53.9. The highest BCUT2D eigenvalue weighted by Crippen LogP contribution is 2.40. The Labute approximate surface area is 160 Å². The summed E-state index contributed by atoms with van der Waals surface area (Å²) in [6.45, 7) is 2.66. The second-order valence-corrected chi connectivity index (χ2v) is 6.41. The van der Waals surface area contributed by atoms with E-state index in [1.807, 2.05) is 22.4 Å². The Morgan fingerprint density at radius 3 is 2.32 bits per heavy atom. The van der Waals surface area contributed by atoms with E-state index in [0.717, 1.165) is 23.1 Å². The van der Waals surface area contributed by atoms with Crippen molar-refractivity contribution in [3.8, 4) is 0 Å². The molecule has 140 valence electrons. The minimum absolute atomic E-state index is 0. The number of thiophene rings is 1. The van der Waals surface area contributed by atoms with Gasteiger partial charge in [0.05, 0.1) is 11.6 Å². The van der Waals surface area contributed by atoms with Gasteiger partial charge in [0, 0.05) is 31.1 Å². The van der Waals surface area contributed by atoms with E-state index in [0.29, 0.717) is 26.2 Å². The van der Waals surface area contributed by atoms with Gasteiger partial charge in [0.15, 0.2) is 0 Å². The number of alkyl halides is 3. The fourth-order valence-electron chi connectivity index (χ4n) is 2.94. The van der Waals surface area contributed by atoms with Crippen molar-refractivity contribution in [2.45, 2.75) is 12.2 Å². The molecular formula is C16H18Cl2F4N2S. The van der Waals surface area contributed by atoms with Crippen LogP contribution in [0.2, 0.25) is 0 Å². The zero-order valence-electron chi connectivity index (χ0n) is 13.1. The Kier molecular flexibility index (Phi) is 8.15. The van der Waals surface area contributed by atoms with Gasteiger partial charge in [0.25, 0.3) is 0 Å². The van der Waals surface area contributed by atoms with Gasteiger partial charge < -0.3 is 5.32 Å². The van der Waals surface area contributed by atoms with Crippen LogP contribution in [0.4, 0.5) is 17.6 Å². The van der Waals surface area contributed by atoms with Gasteiger partial charge in [-0.25, -0.2) is 4.39 Å². The third kappa shape index (κ3) is 5.08. The molecule has 0 saturated carbocycles. The SMILES string of the molecule is Cl.Cl.Fc1ccc(C(F)(F)F)c([C@@H](c2cccs2)N2CCNCC2)c1. The van der Waals surface area contributed by atoms with Crippen LogP contribution in [0.1, 0.15) is 22.0 Å². The molecule has 1 aromatic heterocycles. The first-order chi connectivity index (χ1) is 11.0. The van der Waals surface area contributed by atoms with Gasteiger partial charge in [-0.2, -0.15) is 13.2 Å². The van der Waals surface area contributed by atoms with Crippen molar-refractivity contribution in [1.82, 2.24) is 10.2 Å². The van der Waals surface area contributed by atoms with E-state index >= 15 is 0 Å². The average Bonchev–Trinajstić information content (AvgIpc) is 3.01. The van der Waals surface area contributed by atoms with Crippen LogP contribution in [-0.2, 0) is 6.18 Å². The monoisotopic (exact) mass is 416 g/mol. The predicted molar refractivity (Wildman–Crippen MR) is 96.5 cm³/mol. The lowest BCUT2D eigenvalue weighted by Gasteiger charge is -2.35. The molecule has 2 heterocycles. The number of nitrogens with one attached hydrogen (secondary N) is 1. The molecular weight excluding hydrogens is 399 g/mol. The van der Waals surface area contributed by atoms with Gasteiger partial charge >= 0.3 is 6.18 Å². The molecule has 1 atom stereocenters. The predicted octanol–water partition coefficient (Wildman–Crippen LogP) is 4.74. The molecule has 0 amide bonds. The van der Waals surface area contributed by atoms with Gasteiger partial charge in [0.1, 0.15) is 5.82 Å². The highest BCUT2D eigenvalue weighted by atomic mass is 35.5. The zero-order valence-corrected chi connectivity index (χ0v) is 15.5. The Hall–Kier alpha value is -0.860. The molecule has 0 bridgehead atoms. The summed E-state index contributed by atoms with van der Waals surface area (Å²) >= 11 is 1.39. The van der Waals surface area contributed by atoms with E-state index in [1.54, 1.807) is 0 Å². The average molecular weight is 417 g/mol. The first-order valence-electron chi connectivity index (χ1n) is 7.31. The fraction of sp³-hybridized carbons (Fsp3) is 0.375. The topological polar surface area (TPSA) is 15.3 Å². The maximum atomic E-state index is 13.7. The number of benzene rings is 1. The van der Waals surface area contributed by atoms with Crippen LogP contribution in [-0.4, -0.2) is 31.1 Å². The van der Waals surface area contributed by atoms with E-state index in [2.05, 4.69) is 5.32 Å². The summed E-state index contributed by atoms with van der Waals surface area (Å²) in [4.78, 5) is 2.77. The van der Waals surface area contributed by atoms with Gasteiger partial charge in [-0.1, -0.05) is 6.07 Å². The number of hydrogen-bond acceptors (Lipinski definition) is 3. The molecule has 2 nitrogen and oxygen atoms in total. The maximum absolute atomic E-state index is 13.7. The van der Waals surface area contributed by atoms with E-state index in [4.69, 9.17) is 0 Å². The van der Waals surface area contributed by atoms with E-state index in [1.165, 1.54) is 11.3 Å². The van der Waals surface area contributed by atoms with Crippen LogP contribution in [0.3, 0.4) is 0 Å². The van der Waals surface area contributed by atoms with E-state index < -0.39 is 23.6 Å². The Morgan fingerprint density at radius 2 is 1.76 bits per heavy atom. The van der Waals surface area contributed by atoms with Gasteiger partial charge in [0.2, 0.25) is 0 Å². The standard InChI is InChI=1S/C16H16F4N2S.2ClH/c17-11-3-4-13(16(18,19)20)12(10-11)15(14-2-1-9-23-14)22-7-5-21-6-8-22;;/h1-4,9-10,15,21H,5-8H2;2*1H/t15-;;/m0../s1. The van der Waals surface area contributed by atoms with Crippen LogP contribution >= 0.6 is 36.2 Å². The third-order valence-corrected chi connectivity index (χ3v) is 4.87. The molecule has 1 saturated heterocycles. The maximum Gasteiger partial charge on any atom is 0.416 e. The Bertz CT molecular complexity index is 659. The van der Waals surface area contributed by atoms with Crippen LogP contribution in [0.5, 0.6) is 0 Å². The molecule has 3 rings (SSSR count). The lowest BCUT2D eigenvalue weighted by atomic mass is 9.96. The zero-order chi connectivity index (χ0) is 16.4. The molecule has 0 aliphatic carbocycles. The molecule has 1 aliphatic rings. The summed E-state index contributed by atoms with van der Waals surface area (Å²) in [6, 6.07) is 5.77. The van der Waals surface area contributed by atoms with E-state index in [9.17, 15) is 17.6 Å². The summed E-state index contributed by atoms with van der Waals surface area (Å²) in [5.41, 5.74) is -0.780. The largest absolute Gasteiger partial charge is 0.416 e. The van der Waals surface area contributed by atoms with Crippen LogP contribution in [0, 0.1) is 5.82 Å². The van der Waals surface area contributed by atoms with Gasteiger partial charge in [-0.05, 0) is 35.2 Å². The highest BCUT2D eigenvalue weighted by Gasteiger charge is 2.37. The summed E-state index contributed by atoms with van der Waals surface area (Å²) in [7, 11) is 0. The van der Waals surface area contributed by atoms with Crippen LogP contribution in [0.25, 0.3) is 0 Å². The Morgan fingerprint density at radius 1 is 1.08 bits per heavy atom. The fourth-order valence-corrected chi connectivity index (χ4v) is 3.81. The minimum atomic E-state index is -4.51. The van der Waals surface area contributed by atoms with Crippen molar-refractivity contribution in [3.05, 3.63) is 57.5 Å². The summed E-state index contributed by atoms with van der Waals surface area (Å²) in [6.07, 6.45) is -4.51. The molecule has 0 radical (unpaired) electrons. The van der Waals surface area contributed by atoms with Crippen molar-refractivity contribution in [3.63, 3.8) is 0 Å². The first kappa shape index (κ1) is 22.2. The number of nitrogens with zero attached hydrogens (tertiary/aromatic N) is 1. The molecule has 1 fully saturated rings. The third-order valence-electron chi connectivity index (χ3n) is 3.94. The van der Waals surface area contributed by atoms with E-state index in [-0.39, 0.29) is 30.4 Å². The molecule has 0 spiro atoms. The second kappa shape index (κ2) is 9.19. The van der Waals surface area contributed by atoms with Crippen molar-refractivity contribution in [2.75, 3.05) is 26.2 Å². The van der Waals surface area contributed by atoms with Gasteiger partial charge in [-0.3, -0.25) is 4.90 Å². The molecule has 1 aliphatic heterocycles. The van der Waals surface area contributed by atoms with Crippen LogP contribution < -0.4 is 5.32 Å². The van der Waals surface area contributed by atoms with Crippen molar-refractivity contribution in [1.29, 1.82) is 0 Å². The smallest absolute Gasteiger partial charge is 0.314 e. The van der Waals surface area contributed by atoms with Crippen molar-refractivity contribution in [2.24, 2.45) is 0 Å².